The molecule has 1 amide bonds. The van der Waals surface area contributed by atoms with Crippen LogP contribution in [0.5, 0.6) is 0 Å². The number of nitrogens with zero attached hydrogens (tertiary/aromatic N) is 6. The van der Waals surface area contributed by atoms with Crippen LogP contribution in [0.4, 0.5) is 0 Å². The summed E-state index contributed by atoms with van der Waals surface area (Å²) in [5.74, 6) is 0.110. The van der Waals surface area contributed by atoms with Crippen molar-refractivity contribution in [3.8, 4) is 5.69 Å². The average molecular weight is 487 g/mol. The van der Waals surface area contributed by atoms with Crippen molar-refractivity contribution >= 4 is 27.7 Å². The number of aromatic nitrogens is 4. The minimum absolute atomic E-state index is 0.0668. The normalized spacial score (nSPS) is 15.1. The SMILES string of the molecule is Cc1ccc(S(=O)(=O)N2CCN(C(=O)CSc3nnnn3-c3cc(C)ccc3C)CC2)cc1. The topological polar surface area (TPSA) is 101 Å². The molecule has 3 aromatic rings. The fourth-order valence-electron chi connectivity index (χ4n) is 3.62. The predicted octanol–water partition coefficient (Wildman–Crippen LogP) is 2.21. The van der Waals surface area contributed by atoms with E-state index in [1.54, 1.807) is 33.8 Å². The summed E-state index contributed by atoms with van der Waals surface area (Å²) in [6.07, 6.45) is 0. The van der Waals surface area contributed by atoms with Crippen molar-refractivity contribution in [1.82, 2.24) is 29.4 Å². The maximum atomic E-state index is 12.9. The van der Waals surface area contributed by atoms with E-state index >= 15 is 0 Å². The number of hydrogen-bond acceptors (Lipinski definition) is 7. The van der Waals surface area contributed by atoms with Crippen LogP contribution in [0, 0.1) is 20.8 Å². The number of carbonyl (C=O) groups is 1. The highest BCUT2D eigenvalue weighted by Gasteiger charge is 2.30. The Morgan fingerprint density at radius 3 is 2.33 bits per heavy atom. The lowest BCUT2D eigenvalue weighted by Crippen LogP contribution is -2.50. The first-order valence-corrected chi connectivity index (χ1v) is 13.0. The molecule has 2 heterocycles. The number of amides is 1. The lowest BCUT2D eigenvalue weighted by molar-refractivity contribution is -0.129. The zero-order valence-electron chi connectivity index (χ0n) is 18.8. The molecule has 1 saturated heterocycles. The Kier molecular flexibility index (Phi) is 6.82. The number of aryl methyl sites for hydroxylation is 3. The summed E-state index contributed by atoms with van der Waals surface area (Å²) in [5, 5.41) is 12.5. The number of benzene rings is 2. The van der Waals surface area contributed by atoms with Gasteiger partial charge in [-0.3, -0.25) is 4.79 Å². The molecule has 0 atom stereocenters. The molecule has 33 heavy (non-hydrogen) atoms. The van der Waals surface area contributed by atoms with Gasteiger partial charge in [-0.05, 0) is 60.5 Å². The van der Waals surface area contributed by atoms with Crippen molar-refractivity contribution in [3.05, 3.63) is 59.2 Å². The Balaban J connectivity index is 1.36. The van der Waals surface area contributed by atoms with Crippen LogP contribution in [0.3, 0.4) is 0 Å². The van der Waals surface area contributed by atoms with E-state index in [0.717, 1.165) is 22.4 Å². The van der Waals surface area contributed by atoms with E-state index in [-0.39, 0.29) is 29.6 Å². The number of rotatable bonds is 6. The summed E-state index contributed by atoms with van der Waals surface area (Å²) in [7, 11) is -3.56. The Labute approximate surface area is 197 Å². The number of sulfonamides is 1. The van der Waals surface area contributed by atoms with Gasteiger partial charge in [-0.25, -0.2) is 8.42 Å². The number of hydrogen-bond donors (Lipinski definition) is 0. The summed E-state index contributed by atoms with van der Waals surface area (Å²) < 4.78 is 28.8. The third-order valence-electron chi connectivity index (χ3n) is 5.61. The molecule has 0 unspecified atom stereocenters. The van der Waals surface area contributed by atoms with Gasteiger partial charge in [0.15, 0.2) is 0 Å². The molecule has 1 aromatic heterocycles. The van der Waals surface area contributed by atoms with Gasteiger partial charge in [0.25, 0.3) is 0 Å². The smallest absolute Gasteiger partial charge is 0.243 e. The molecule has 4 rings (SSSR count). The van der Waals surface area contributed by atoms with E-state index in [0.29, 0.717) is 18.2 Å². The highest BCUT2D eigenvalue weighted by Crippen LogP contribution is 2.23. The average Bonchev–Trinajstić information content (AvgIpc) is 3.28. The summed E-state index contributed by atoms with van der Waals surface area (Å²) >= 11 is 1.27. The monoisotopic (exact) mass is 486 g/mol. The third kappa shape index (κ3) is 5.10. The molecule has 1 fully saturated rings. The molecule has 0 aliphatic carbocycles. The Hall–Kier alpha value is -2.76. The van der Waals surface area contributed by atoms with Gasteiger partial charge in [0.1, 0.15) is 0 Å². The molecule has 0 radical (unpaired) electrons. The van der Waals surface area contributed by atoms with Gasteiger partial charge in [0, 0.05) is 26.2 Å². The lowest BCUT2D eigenvalue weighted by Gasteiger charge is -2.34. The van der Waals surface area contributed by atoms with Crippen LogP contribution in [0.2, 0.25) is 0 Å². The molecule has 174 valence electrons. The van der Waals surface area contributed by atoms with E-state index in [4.69, 9.17) is 0 Å². The number of tetrazole rings is 1. The molecule has 0 N–H and O–H groups in total. The second-order valence-corrected chi connectivity index (χ2v) is 10.9. The molecule has 1 aliphatic heterocycles. The first-order chi connectivity index (χ1) is 15.8. The van der Waals surface area contributed by atoms with Crippen molar-refractivity contribution in [1.29, 1.82) is 0 Å². The minimum Gasteiger partial charge on any atom is -0.339 e. The van der Waals surface area contributed by atoms with Crippen LogP contribution in [0.15, 0.2) is 52.5 Å². The van der Waals surface area contributed by atoms with Crippen molar-refractivity contribution in [3.63, 3.8) is 0 Å². The zero-order valence-corrected chi connectivity index (χ0v) is 20.4. The van der Waals surface area contributed by atoms with E-state index in [1.165, 1.54) is 16.1 Å². The number of thioether (sulfide) groups is 1. The summed E-state index contributed by atoms with van der Waals surface area (Å²) in [6.45, 7) is 7.15. The summed E-state index contributed by atoms with van der Waals surface area (Å²) in [4.78, 5) is 14.8. The highest BCUT2D eigenvalue weighted by molar-refractivity contribution is 7.99. The summed E-state index contributed by atoms with van der Waals surface area (Å²) in [6, 6.07) is 12.9. The standard InChI is InChI=1S/C22H26N6O3S2/c1-16-5-8-19(9-6-16)33(30,31)27-12-10-26(11-13-27)21(29)15-32-22-23-24-25-28(22)20-14-17(2)4-7-18(20)3/h4-9,14H,10-13,15H2,1-3H3. The first-order valence-electron chi connectivity index (χ1n) is 10.6. The molecule has 9 nitrogen and oxygen atoms in total. The molecule has 11 heteroatoms. The summed E-state index contributed by atoms with van der Waals surface area (Å²) in [5.41, 5.74) is 4.01. The first kappa shape index (κ1) is 23.4. The molecule has 0 bridgehead atoms. The Morgan fingerprint density at radius 1 is 0.970 bits per heavy atom. The van der Waals surface area contributed by atoms with Crippen LogP contribution in [0.1, 0.15) is 16.7 Å². The van der Waals surface area contributed by atoms with Gasteiger partial charge in [0.05, 0.1) is 16.3 Å². The van der Waals surface area contributed by atoms with Gasteiger partial charge >= 0.3 is 0 Å². The van der Waals surface area contributed by atoms with Crippen LogP contribution in [-0.4, -0.2) is 75.7 Å². The fraction of sp³-hybridized carbons (Fsp3) is 0.364. The number of piperazine rings is 1. The molecular formula is C22H26N6O3S2. The van der Waals surface area contributed by atoms with Gasteiger partial charge in [-0.15, -0.1) is 5.10 Å². The van der Waals surface area contributed by atoms with E-state index in [2.05, 4.69) is 15.5 Å². The molecular weight excluding hydrogens is 460 g/mol. The largest absolute Gasteiger partial charge is 0.339 e. The maximum Gasteiger partial charge on any atom is 0.243 e. The van der Waals surface area contributed by atoms with Gasteiger partial charge in [-0.2, -0.15) is 8.99 Å². The molecule has 2 aromatic carbocycles. The van der Waals surface area contributed by atoms with Crippen LogP contribution < -0.4 is 0 Å². The van der Waals surface area contributed by atoms with Crippen LogP contribution in [0.25, 0.3) is 5.69 Å². The van der Waals surface area contributed by atoms with Crippen molar-refractivity contribution in [2.45, 2.75) is 30.8 Å². The van der Waals surface area contributed by atoms with E-state index in [9.17, 15) is 13.2 Å². The van der Waals surface area contributed by atoms with Gasteiger partial charge in [-0.1, -0.05) is 41.6 Å². The molecule has 1 aliphatic rings. The Morgan fingerprint density at radius 2 is 1.64 bits per heavy atom. The predicted molar refractivity (Wildman–Crippen MR) is 126 cm³/mol. The molecule has 0 spiro atoms. The maximum absolute atomic E-state index is 12.9. The van der Waals surface area contributed by atoms with Crippen molar-refractivity contribution < 1.29 is 13.2 Å². The van der Waals surface area contributed by atoms with Gasteiger partial charge in [0.2, 0.25) is 21.1 Å². The molecule has 0 saturated carbocycles. The minimum atomic E-state index is -3.56. The van der Waals surface area contributed by atoms with Crippen molar-refractivity contribution in [2.24, 2.45) is 0 Å². The quantitative estimate of drug-likeness (QED) is 0.492. The second-order valence-electron chi connectivity index (χ2n) is 8.05. The zero-order chi connectivity index (χ0) is 23.6. The van der Waals surface area contributed by atoms with Gasteiger partial charge < -0.3 is 4.90 Å². The van der Waals surface area contributed by atoms with Crippen molar-refractivity contribution in [2.75, 3.05) is 31.9 Å². The lowest BCUT2D eigenvalue weighted by atomic mass is 10.1. The van der Waals surface area contributed by atoms with E-state index < -0.39 is 10.0 Å². The van der Waals surface area contributed by atoms with Crippen LogP contribution in [-0.2, 0) is 14.8 Å². The second kappa shape index (κ2) is 9.62. The van der Waals surface area contributed by atoms with Crippen LogP contribution >= 0.6 is 11.8 Å². The third-order valence-corrected chi connectivity index (χ3v) is 8.43. The Bertz CT molecular complexity index is 1250. The highest BCUT2D eigenvalue weighted by atomic mass is 32.2. The van der Waals surface area contributed by atoms with E-state index in [1.807, 2.05) is 39.0 Å². The number of carbonyl (C=O) groups excluding carboxylic acids is 1. The fourth-order valence-corrected chi connectivity index (χ4v) is 5.83.